The monoisotopic (exact) mass is 313 g/mol. The van der Waals surface area contributed by atoms with Crippen molar-refractivity contribution in [3.63, 3.8) is 0 Å². The highest BCUT2D eigenvalue weighted by Crippen LogP contribution is 2.35. The summed E-state index contributed by atoms with van der Waals surface area (Å²) in [5.74, 6) is 0.517. The lowest BCUT2D eigenvalue weighted by Gasteiger charge is -2.07. The molecular formula is C17H13ClFN3. The van der Waals surface area contributed by atoms with Crippen molar-refractivity contribution in [2.45, 2.75) is 0 Å². The van der Waals surface area contributed by atoms with E-state index in [2.05, 4.69) is 15.3 Å². The van der Waals surface area contributed by atoms with Gasteiger partial charge in [0.25, 0.3) is 0 Å². The number of H-pyrrole nitrogens is 1. The Morgan fingerprint density at radius 3 is 2.77 bits per heavy atom. The third kappa shape index (κ3) is 2.07. The minimum Gasteiger partial charge on any atom is -0.368 e. The SMILES string of the molecule is Fc1ccc2[nH]c(-c3ccccc3Cl)c(C3=NCCN3)c2c1. The number of aromatic amines is 1. The quantitative estimate of drug-likeness (QED) is 0.738. The third-order valence-electron chi connectivity index (χ3n) is 3.81. The number of nitrogens with one attached hydrogen (secondary N) is 2. The molecule has 2 N–H and O–H groups in total. The first-order chi connectivity index (χ1) is 10.7. The molecule has 1 aliphatic rings. The highest BCUT2D eigenvalue weighted by atomic mass is 35.5. The maximum absolute atomic E-state index is 13.7. The van der Waals surface area contributed by atoms with Gasteiger partial charge in [0, 0.05) is 28.0 Å². The van der Waals surface area contributed by atoms with Crippen LogP contribution in [0.3, 0.4) is 0 Å². The largest absolute Gasteiger partial charge is 0.368 e. The summed E-state index contributed by atoms with van der Waals surface area (Å²) in [6.07, 6.45) is 0. The highest BCUT2D eigenvalue weighted by molar-refractivity contribution is 6.33. The van der Waals surface area contributed by atoms with E-state index in [1.54, 1.807) is 6.07 Å². The number of aliphatic imine (C=N–C) groups is 1. The molecule has 0 spiro atoms. The molecule has 0 bridgehead atoms. The molecule has 0 saturated carbocycles. The fourth-order valence-corrected chi connectivity index (χ4v) is 3.07. The van der Waals surface area contributed by atoms with Crippen molar-refractivity contribution in [1.29, 1.82) is 0 Å². The van der Waals surface area contributed by atoms with Crippen LogP contribution in [0.1, 0.15) is 5.56 Å². The van der Waals surface area contributed by atoms with Crippen molar-refractivity contribution in [2.24, 2.45) is 4.99 Å². The first kappa shape index (κ1) is 13.3. The van der Waals surface area contributed by atoms with Gasteiger partial charge in [0.2, 0.25) is 0 Å². The zero-order chi connectivity index (χ0) is 15.1. The van der Waals surface area contributed by atoms with Gasteiger partial charge >= 0.3 is 0 Å². The molecule has 1 aromatic heterocycles. The van der Waals surface area contributed by atoms with E-state index in [4.69, 9.17) is 11.6 Å². The number of fused-ring (bicyclic) bond motifs is 1. The van der Waals surface area contributed by atoms with Crippen molar-refractivity contribution in [3.05, 3.63) is 58.9 Å². The smallest absolute Gasteiger partial charge is 0.131 e. The second kappa shape index (κ2) is 5.14. The maximum atomic E-state index is 13.7. The molecule has 0 amide bonds. The first-order valence-electron chi connectivity index (χ1n) is 7.09. The molecule has 0 aliphatic carbocycles. The molecule has 1 aliphatic heterocycles. The lowest BCUT2D eigenvalue weighted by molar-refractivity contribution is 0.629. The Labute approximate surface area is 131 Å². The van der Waals surface area contributed by atoms with E-state index < -0.39 is 0 Å². The summed E-state index contributed by atoms with van der Waals surface area (Å²) >= 11 is 6.34. The van der Waals surface area contributed by atoms with Gasteiger partial charge in [-0.15, -0.1) is 0 Å². The van der Waals surface area contributed by atoms with Crippen LogP contribution >= 0.6 is 11.6 Å². The summed E-state index contributed by atoms with van der Waals surface area (Å²) in [4.78, 5) is 7.85. The van der Waals surface area contributed by atoms with Crippen LogP contribution in [0.5, 0.6) is 0 Å². The molecule has 5 heteroatoms. The number of nitrogens with zero attached hydrogens (tertiary/aromatic N) is 1. The van der Waals surface area contributed by atoms with E-state index in [-0.39, 0.29) is 5.82 Å². The molecule has 2 aromatic carbocycles. The summed E-state index contributed by atoms with van der Waals surface area (Å²) in [5.41, 5.74) is 3.48. The maximum Gasteiger partial charge on any atom is 0.131 e. The Morgan fingerprint density at radius 1 is 1.14 bits per heavy atom. The normalized spacial score (nSPS) is 14.2. The first-order valence-corrected chi connectivity index (χ1v) is 7.46. The number of halogens is 2. The molecule has 0 atom stereocenters. The number of aromatic nitrogens is 1. The number of rotatable bonds is 2. The molecule has 2 heterocycles. The molecule has 0 radical (unpaired) electrons. The summed E-state index contributed by atoms with van der Waals surface area (Å²) in [7, 11) is 0. The van der Waals surface area contributed by atoms with Crippen LogP contribution in [-0.4, -0.2) is 23.9 Å². The van der Waals surface area contributed by atoms with E-state index in [0.717, 1.165) is 46.6 Å². The number of amidine groups is 1. The van der Waals surface area contributed by atoms with Gasteiger partial charge in [-0.2, -0.15) is 0 Å². The van der Waals surface area contributed by atoms with Gasteiger partial charge in [-0.3, -0.25) is 4.99 Å². The third-order valence-corrected chi connectivity index (χ3v) is 4.14. The standard InChI is InChI=1S/C17H13ClFN3/c18-13-4-2-1-3-11(13)16-15(17-20-7-8-21-17)12-9-10(19)5-6-14(12)22-16/h1-6,9,22H,7-8H2,(H,20,21). The molecule has 0 fully saturated rings. The second-order valence-electron chi connectivity index (χ2n) is 5.20. The van der Waals surface area contributed by atoms with Crippen LogP contribution in [0.4, 0.5) is 4.39 Å². The molecule has 3 aromatic rings. The van der Waals surface area contributed by atoms with Crippen molar-refractivity contribution in [2.75, 3.05) is 13.1 Å². The van der Waals surface area contributed by atoms with Crippen LogP contribution in [0.15, 0.2) is 47.5 Å². The molecule has 4 rings (SSSR count). The van der Waals surface area contributed by atoms with Gasteiger partial charge < -0.3 is 10.3 Å². The van der Waals surface area contributed by atoms with Gasteiger partial charge in [-0.1, -0.05) is 29.8 Å². The van der Waals surface area contributed by atoms with Crippen molar-refractivity contribution >= 4 is 28.3 Å². The molecule has 0 unspecified atom stereocenters. The Bertz CT molecular complexity index is 898. The molecule has 110 valence electrons. The minimum atomic E-state index is -0.267. The average Bonchev–Trinajstić information content (AvgIpc) is 3.14. The van der Waals surface area contributed by atoms with Crippen LogP contribution in [0.25, 0.3) is 22.2 Å². The fraction of sp³-hybridized carbons (Fsp3) is 0.118. The Kier molecular flexibility index (Phi) is 3.12. The van der Waals surface area contributed by atoms with Crippen molar-refractivity contribution < 1.29 is 4.39 Å². The Hall–Kier alpha value is -2.33. The van der Waals surface area contributed by atoms with Crippen molar-refractivity contribution in [3.8, 4) is 11.3 Å². The average molecular weight is 314 g/mol. The Morgan fingerprint density at radius 2 is 2.00 bits per heavy atom. The zero-order valence-corrected chi connectivity index (χ0v) is 12.4. The lowest BCUT2D eigenvalue weighted by Crippen LogP contribution is -2.19. The van der Waals surface area contributed by atoms with Crippen LogP contribution in [-0.2, 0) is 0 Å². The van der Waals surface area contributed by atoms with Crippen molar-refractivity contribution in [1.82, 2.24) is 10.3 Å². The molecule has 22 heavy (non-hydrogen) atoms. The van der Waals surface area contributed by atoms with Gasteiger partial charge in [-0.05, 0) is 24.3 Å². The summed E-state index contributed by atoms with van der Waals surface area (Å²) in [6, 6.07) is 12.3. The molecular weight excluding hydrogens is 301 g/mol. The molecule has 3 nitrogen and oxygen atoms in total. The summed E-state index contributed by atoms with van der Waals surface area (Å²) in [5, 5.41) is 4.72. The zero-order valence-electron chi connectivity index (χ0n) is 11.7. The van der Waals surface area contributed by atoms with Gasteiger partial charge in [-0.25, -0.2) is 4.39 Å². The minimum absolute atomic E-state index is 0.267. The van der Waals surface area contributed by atoms with Gasteiger partial charge in [0.05, 0.1) is 17.8 Å². The second-order valence-corrected chi connectivity index (χ2v) is 5.61. The highest BCUT2D eigenvalue weighted by Gasteiger charge is 2.21. The fourth-order valence-electron chi connectivity index (χ4n) is 2.84. The molecule has 0 saturated heterocycles. The topological polar surface area (TPSA) is 40.2 Å². The van der Waals surface area contributed by atoms with E-state index in [1.807, 2.05) is 24.3 Å². The summed E-state index contributed by atoms with van der Waals surface area (Å²) < 4.78 is 13.7. The number of hydrogen-bond donors (Lipinski definition) is 2. The Balaban J connectivity index is 2.05. The van der Waals surface area contributed by atoms with E-state index in [1.165, 1.54) is 12.1 Å². The lowest BCUT2D eigenvalue weighted by atomic mass is 10.0. The van der Waals surface area contributed by atoms with E-state index >= 15 is 0 Å². The van der Waals surface area contributed by atoms with Crippen LogP contribution in [0, 0.1) is 5.82 Å². The van der Waals surface area contributed by atoms with Gasteiger partial charge in [0.15, 0.2) is 0 Å². The summed E-state index contributed by atoms with van der Waals surface area (Å²) in [6.45, 7) is 1.51. The van der Waals surface area contributed by atoms with Gasteiger partial charge in [0.1, 0.15) is 11.7 Å². The number of benzene rings is 2. The van der Waals surface area contributed by atoms with E-state index in [0.29, 0.717) is 5.02 Å². The van der Waals surface area contributed by atoms with Crippen LogP contribution < -0.4 is 5.32 Å². The number of hydrogen-bond acceptors (Lipinski definition) is 2. The predicted octanol–water partition coefficient (Wildman–Crippen LogP) is 3.98. The van der Waals surface area contributed by atoms with E-state index in [9.17, 15) is 4.39 Å². The van der Waals surface area contributed by atoms with Crippen LogP contribution in [0.2, 0.25) is 5.02 Å². The predicted molar refractivity (Wildman–Crippen MR) is 88.1 cm³/mol.